The third kappa shape index (κ3) is 3.04. The van der Waals surface area contributed by atoms with E-state index >= 15 is 0 Å². The van der Waals surface area contributed by atoms with Gasteiger partial charge in [-0.15, -0.1) is 0 Å². The first-order valence-corrected chi connectivity index (χ1v) is 10.8. The molecule has 0 unspecified atom stereocenters. The molecule has 0 radical (unpaired) electrons. The molecule has 1 aromatic carbocycles. The van der Waals surface area contributed by atoms with Gasteiger partial charge >= 0.3 is 0 Å². The molecule has 0 atom stereocenters. The molecule has 0 bridgehead atoms. The van der Waals surface area contributed by atoms with E-state index < -0.39 is 0 Å². The molecule has 7 nitrogen and oxygen atoms in total. The van der Waals surface area contributed by atoms with Crippen molar-refractivity contribution in [1.82, 2.24) is 15.3 Å². The van der Waals surface area contributed by atoms with Gasteiger partial charge in [0.2, 0.25) is 5.91 Å². The number of aromatic nitrogens is 2. The van der Waals surface area contributed by atoms with Gasteiger partial charge in [-0.05, 0) is 56.2 Å². The summed E-state index contributed by atoms with van der Waals surface area (Å²) in [5.74, 6) is 2.02. The number of hydrogen-bond acceptors (Lipinski definition) is 6. The number of hydrogen-bond donors (Lipinski definition) is 1. The van der Waals surface area contributed by atoms with E-state index in [-0.39, 0.29) is 16.9 Å². The molecule has 4 aliphatic rings. The normalized spacial score (nSPS) is 22.8. The van der Waals surface area contributed by atoms with Crippen LogP contribution in [-0.2, 0) is 4.79 Å². The van der Waals surface area contributed by atoms with Crippen molar-refractivity contribution in [2.45, 2.75) is 44.6 Å². The van der Waals surface area contributed by atoms with Crippen molar-refractivity contribution in [2.75, 3.05) is 24.5 Å². The summed E-state index contributed by atoms with van der Waals surface area (Å²) in [4.78, 5) is 27.6. The lowest BCUT2D eigenvalue weighted by atomic mass is 9.77. The average Bonchev–Trinajstić information content (AvgIpc) is 3.35. The fourth-order valence-electron chi connectivity index (χ4n) is 4.72. The highest BCUT2D eigenvalue weighted by molar-refractivity contribution is 6.21. The monoisotopic (exact) mass is 403 g/mol. The van der Waals surface area contributed by atoms with E-state index in [2.05, 4.69) is 38.2 Å². The van der Waals surface area contributed by atoms with Crippen LogP contribution in [0.1, 0.15) is 50.3 Å². The Morgan fingerprint density at radius 1 is 1.10 bits per heavy atom. The summed E-state index contributed by atoms with van der Waals surface area (Å²) in [6.07, 6.45) is 6.53. The summed E-state index contributed by atoms with van der Waals surface area (Å²) in [5.41, 5.74) is 3.96. The first-order chi connectivity index (χ1) is 14.5. The summed E-state index contributed by atoms with van der Waals surface area (Å²) >= 11 is 0. The molecular formula is C23H25N5O2. The van der Waals surface area contributed by atoms with Gasteiger partial charge in [-0.25, -0.2) is 15.0 Å². The number of ether oxygens (including phenoxy) is 1. The maximum atomic E-state index is 11.7. The number of aliphatic imine (C=N–C) groups is 1. The smallest absolute Gasteiger partial charge is 0.220 e. The highest BCUT2D eigenvalue weighted by Gasteiger charge is 2.41. The molecule has 3 aliphatic heterocycles. The molecule has 7 heteroatoms. The average molecular weight is 403 g/mol. The third-order valence-electron chi connectivity index (χ3n) is 7.01. The Morgan fingerprint density at radius 2 is 1.93 bits per heavy atom. The van der Waals surface area contributed by atoms with Crippen LogP contribution in [-0.4, -0.2) is 46.8 Å². The van der Waals surface area contributed by atoms with Crippen LogP contribution < -0.4 is 15.0 Å². The molecular weight excluding hydrogens is 378 g/mol. The van der Waals surface area contributed by atoms with E-state index in [1.165, 1.54) is 0 Å². The SMILES string of the molecule is CC1(Oc2ccc3c(c2)C(c2cc(N4CCC5(CC4)CNC(=O)C5)ncn2)=N3)CC1. The second kappa shape index (κ2) is 6.27. The second-order valence-corrected chi connectivity index (χ2v) is 9.39. The number of rotatable bonds is 4. The number of fused-ring (bicyclic) bond motifs is 1. The Hall–Kier alpha value is -2.96. The van der Waals surface area contributed by atoms with E-state index in [4.69, 9.17) is 4.74 Å². The van der Waals surface area contributed by atoms with E-state index in [0.29, 0.717) is 6.42 Å². The van der Waals surface area contributed by atoms with E-state index in [9.17, 15) is 4.79 Å². The Balaban J connectivity index is 1.19. The molecule has 1 aliphatic carbocycles. The number of anilines is 1. The van der Waals surface area contributed by atoms with Crippen LogP contribution in [0.2, 0.25) is 0 Å². The lowest BCUT2D eigenvalue weighted by Gasteiger charge is -2.38. The molecule has 30 heavy (non-hydrogen) atoms. The minimum Gasteiger partial charge on any atom is -0.488 e. The first-order valence-electron chi connectivity index (χ1n) is 10.8. The maximum absolute atomic E-state index is 11.7. The fourth-order valence-corrected chi connectivity index (χ4v) is 4.72. The zero-order valence-corrected chi connectivity index (χ0v) is 17.1. The van der Waals surface area contributed by atoms with Gasteiger partial charge in [0, 0.05) is 37.7 Å². The zero-order valence-electron chi connectivity index (χ0n) is 17.1. The molecule has 1 saturated carbocycles. The number of nitrogens with one attached hydrogen (secondary N) is 1. The molecule has 4 heterocycles. The summed E-state index contributed by atoms with van der Waals surface area (Å²) in [6.45, 7) is 4.78. The fraction of sp³-hybridized carbons (Fsp3) is 0.478. The standard InChI is InChI=1S/C23H25N5O2/c1-22(4-5-22)30-15-2-3-17-16(10-15)21(27-17)18-11-19(26-14-25-18)28-8-6-23(7-9-28)12-20(29)24-13-23/h2-3,10-11,14H,4-9,12-13H2,1H3,(H,24,29). The highest BCUT2D eigenvalue weighted by Crippen LogP contribution is 2.42. The number of carbonyl (C=O) groups is 1. The molecule has 1 amide bonds. The van der Waals surface area contributed by atoms with Crippen molar-refractivity contribution in [3.05, 3.63) is 41.9 Å². The molecule has 3 fully saturated rings. The summed E-state index contributed by atoms with van der Waals surface area (Å²) < 4.78 is 6.11. The number of amides is 1. The van der Waals surface area contributed by atoms with Gasteiger partial charge < -0.3 is 15.0 Å². The predicted molar refractivity (Wildman–Crippen MR) is 114 cm³/mol. The van der Waals surface area contributed by atoms with Crippen LogP contribution in [0.15, 0.2) is 35.6 Å². The highest BCUT2D eigenvalue weighted by atomic mass is 16.5. The van der Waals surface area contributed by atoms with Gasteiger partial charge in [0.05, 0.1) is 17.1 Å². The Bertz CT molecular complexity index is 1070. The van der Waals surface area contributed by atoms with Gasteiger partial charge in [0.15, 0.2) is 0 Å². The minimum absolute atomic E-state index is 0.00243. The van der Waals surface area contributed by atoms with Crippen molar-refractivity contribution in [3.63, 3.8) is 0 Å². The first kappa shape index (κ1) is 17.9. The van der Waals surface area contributed by atoms with Crippen LogP contribution >= 0.6 is 0 Å². The van der Waals surface area contributed by atoms with Crippen molar-refractivity contribution in [3.8, 4) is 5.75 Å². The van der Waals surface area contributed by atoms with Gasteiger partial charge in [-0.2, -0.15) is 0 Å². The van der Waals surface area contributed by atoms with Gasteiger partial charge in [-0.3, -0.25) is 4.79 Å². The van der Waals surface area contributed by atoms with Crippen LogP contribution in [0.3, 0.4) is 0 Å². The second-order valence-electron chi connectivity index (χ2n) is 9.39. The Morgan fingerprint density at radius 3 is 2.67 bits per heavy atom. The molecule has 6 rings (SSSR count). The van der Waals surface area contributed by atoms with E-state index in [0.717, 1.165) is 79.5 Å². The number of nitrogens with zero attached hydrogens (tertiary/aromatic N) is 4. The lowest BCUT2D eigenvalue weighted by molar-refractivity contribution is -0.119. The van der Waals surface area contributed by atoms with Gasteiger partial charge in [0.1, 0.15) is 23.5 Å². The summed E-state index contributed by atoms with van der Waals surface area (Å²) in [7, 11) is 0. The summed E-state index contributed by atoms with van der Waals surface area (Å²) in [6, 6.07) is 8.13. The largest absolute Gasteiger partial charge is 0.488 e. The van der Waals surface area contributed by atoms with Gasteiger partial charge in [-0.1, -0.05) is 0 Å². The topological polar surface area (TPSA) is 79.7 Å². The molecule has 154 valence electrons. The maximum Gasteiger partial charge on any atom is 0.220 e. The van der Waals surface area contributed by atoms with Crippen LogP contribution in [0.4, 0.5) is 11.5 Å². The summed E-state index contributed by atoms with van der Waals surface area (Å²) in [5, 5.41) is 3.00. The number of benzene rings is 1. The van der Waals surface area contributed by atoms with Crippen molar-refractivity contribution >= 4 is 23.1 Å². The van der Waals surface area contributed by atoms with Gasteiger partial charge in [0.25, 0.3) is 0 Å². The lowest BCUT2D eigenvalue weighted by Crippen LogP contribution is -2.41. The van der Waals surface area contributed by atoms with E-state index in [1.54, 1.807) is 6.33 Å². The molecule has 1 N–H and O–H groups in total. The van der Waals surface area contributed by atoms with Crippen LogP contribution in [0.25, 0.3) is 0 Å². The third-order valence-corrected chi connectivity index (χ3v) is 7.01. The molecule has 1 aromatic heterocycles. The Labute approximate surface area is 175 Å². The zero-order chi connectivity index (χ0) is 20.3. The minimum atomic E-state index is 0.00243. The van der Waals surface area contributed by atoms with E-state index in [1.807, 2.05) is 18.2 Å². The van der Waals surface area contributed by atoms with Crippen LogP contribution in [0, 0.1) is 5.41 Å². The number of carbonyl (C=O) groups excluding carboxylic acids is 1. The van der Waals surface area contributed by atoms with Crippen molar-refractivity contribution in [1.29, 1.82) is 0 Å². The number of piperidine rings is 1. The van der Waals surface area contributed by atoms with Crippen molar-refractivity contribution < 1.29 is 9.53 Å². The molecule has 1 spiro atoms. The Kier molecular flexibility index (Phi) is 3.73. The molecule has 2 saturated heterocycles. The van der Waals surface area contributed by atoms with Crippen LogP contribution in [0.5, 0.6) is 5.75 Å². The quantitative estimate of drug-likeness (QED) is 0.724. The predicted octanol–water partition coefficient (Wildman–Crippen LogP) is 3.00. The molecule has 2 aromatic rings. The van der Waals surface area contributed by atoms with Crippen molar-refractivity contribution in [2.24, 2.45) is 10.4 Å².